The fraction of sp³-hybridized carbons (Fsp3) is 0.682. The van der Waals surface area contributed by atoms with E-state index in [1.165, 1.54) is 0 Å². The van der Waals surface area contributed by atoms with E-state index in [0.29, 0.717) is 44.3 Å². The first-order valence-electron chi connectivity index (χ1n) is 10.9. The van der Waals surface area contributed by atoms with Crippen molar-refractivity contribution in [3.8, 4) is 11.5 Å². The Morgan fingerprint density at radius 3 is 2.03 bits per heavy atom. The molecule has 0 N–H and O–H groups in total. The third-order valence-electron chi connectivity index (χ3n) is 4.29. The van der Waals surface area contributed by atoms with E-state index in [0.717, 1.165) is 38.1 Å². The van der Waals surface area contributed by atoms with Crippen molar-refractivity contribution in [1.82, 2.24) is 0 Å². The summed E-state index contributed by atoms with van der Waals surface area (Å²) in [6, 6.07) is 8.09. The minimum absolute atomic E-state index is 0.237. The molecule has 166 valence electrons. The predicted octanol–water partition coefficient (Wildman–Crippen LogP) is 5.38. The minimum Gasteiger partial charge on any atom is -0.490 e. The van der Waals surface area contributed by atoms with Crippen molar-refractivity contribution in [2.45, 2.75) is 72.3 Å². The Morgan fingerprint density at radius 1 is 0.828 bits per heavy atom. The molecule has 0 aromatic heterocycles. The number of ether oxygens (including phenoxy) is 2. The lowest BCUT2D eigenvalue weighted by Gasteiger charge is -2.28. The van der Waals surface area contributed by atoms with Gasteiger partial charge in [0.1, 0.15) is 0 Å². The van der Waals surface area contributed by atoms with E-state index in [1.54, 1.807) is 6.07 Å². The van der Waals surface area contributed by atoms with Crippen molar-refractivity contribution >= 4 is 14.8 Å². The zero-order chi connectivity index (χ0) is 21.4. The first-order valence-corrected chi connectivity index (χ1v) is 12.9. The van der Waals surface area contributed by atoms with E-state index in [2.05, 4.69) is 6.92 Å². The number of carbonyl (C=O) groups is 1. The van der Waals surface area contributed by atoms with Crippen LogP contribution in [0.15, 0.2) is 24.3 Å². The summed E-state index contributed by atoms with van der Waals surface area (Å²) in [6.45, 7) is 10.4. The fourth-order valence-corrected chi connectivity index (χ4v) is 5.63. The molecule has 0 saturated carbocycles. The standard InChI is InChI=1S/C22H38O6Si/c1-5-9-18-24-20-15-12-13-16-21(20)28-22(23)17-11-10-14-19-29(25-6-2,26-7-3)27-8-4/h12-13,15-16H,5-11,14,17-19H2,1-4H3. The first kappa shape index (κ1) is 25.6. The van der Waals surface area contributed by atoms with Gasteiger partial charge in [-0.15, -0.1) is 0 Å². The van der Waals surface area contributed by atoms with Gasteiger partial charge in [-0.1, -0.05) is 31.9 Å². The summed E-state index contributed by atoms with van der Waals surface area (Å²) in [5.41, 5.74) is 0. The van der Waals surface area contributed by atoms with Crippen molar-refractivity contribution in [2.75, 3.05) is 26.4 Å². The van der Waals surface area contributed by atoms with Crippen molar-refractivity contribution in [2.24, 2.45) is 0 Å². The SMILES string of the molecule is CCCCOc1ccccc1OC(=O)CCCCC[Si](OCC)(OCC)OCC. The molecule has 1 rings (SSSR count). The number of rotatable bonds is 17. The number of benzene rings is 1. The van der Waals surface area contributed by atoms with Crippen LogP contribution in [0.1, 0.15) is 66.2 Å². The van der Waals surface area contributed by atoms with Crippen molar-refractivity contribution in [3.05, 3.63) is 24.3 Å². The average Bonchev–Trinajstić information content (AvgIpc) is 2.70. The fourth-order valence-electron chi connectivity index (χ4n) is 2.94. The molecule has 1 aromatic rings. The summed E-state index contributed by atoms with van der Waals surface area (Å²) < 4.78 is 28.8. The molecule has 29 heavy (non-hydrogen) atoms. The average molecular weight is 427 g/mol. The van der Waals surface area contributed by atoms with Crippen LogP contribution in [0.25, 0.3) is 0 Å². The Bertz CT molecular complexity index is 549. The normalized spacial score (nSPS) is 11.4. The Balaban J connectivity index is 2.40. The first-order chi connectivity index (χ1) is 14.1. The smallest absolute Gasteiger partial charge is 0.490 e. The Morgan fingerprint density at radius 2 is 1.45 bits per heavy atom. The van der Waals surface area contributed by atoms with Crippen LogP contribution in [-0.4, -0.2) is 41.2 Å². The van der Waals surface area contributed by atoms with Gasteiger partial charge in [-0.25, -0.2) is 0 Å². The van der Waals surface area contributed by atoms with Gasteiger partial charge >= 0.3 is 14.8 Å². The molecule has 0 unspecified atom stereocenters. The second-order valence-corrected chi connectivity index (χ2v) is 9.40. The van der Waals surface area contributed by atoms with E-state index >= 15 is 0 Å². The molecule has 0 atom stereocenters. The van der Waals surface area contributed by atoms with Gasteiger partial charge in [0, 0.05) is 32.3 Å². The molecular formula is C22H38O6Si. The van der Waals surface area contributed by atoms with Gasteiger partial charge < -0.3 is 22.8 Å². The van der Waals surface area contributed by atoms with Gasteiger partial charge in [0.25, 0.3) is 0 Å². The molecule has 0 fully saturated rings. The molecule has 0 bridgehead atoms. The van der Waals surface area contributed by atoms with Crippen molar-refractivity contribution in [3.63, 3.8) is 0 Å². The Kier molecular flexibility index (Phi) is 13.6. The van der Waals surface area contributed by atoms with Gasteiger partial charge in [-0.05, 0) is 52.2 Å². The summed E-state index contributed by atoms with van der Waals surface area (Å²) in [5.74, 6) is 0.874. The number of esters is 1. The van der Waals surface area contributed by atoms with Crippen molar-refractivity contribution < 1.29 is 27.5 Å². The van der Waals surface area contributed by atoms with Crippen LogP contribution in [-0.2, 0) is 18.1 Å². The topological polar surface area (TPSA) is 63.2 Å². The third-order valence-corrected chi connectivity index (χ3v) is 7.44. The number of para-hydroxylation sites is 2. The summed E-state index contributed by atoms with van der Waals surface area (Å²) in [7, 11) is -2.59. The maximum absolute atomic E-state index is 12.2. The molecule has 0 saturated heterocycles. The molecule has 0 heterocycles. The largest absolute Gasteiger partial charge is 0.500 e. The lowest BCUT2D eigenvalue weighted by molar-refractivity contribution is -0.134. The molecule has 0 spiro atoms. The number of unbranched alkanes of at least 4 members (excludes halogenated alkanes) is 3. The maximum Gasteiger partial charge on any atom is 0.500 e. The maximum atomic E-state index is 12.2. The Labute approximate surface area is 177 Å². The second kappa shape index (κ2) is 15.4. The molecule has 1 aromatic carbocycles. The molecule has 0 radical (unpaired) electrons. The highest BCUT2D eigenvalue weighted by Crippen LogP contribution is 2.27. The van der Waals surface area contributed by atoms with Gasteiger partial charge in [-0.3, -0.25) is 4.79 Å². The van der Waals surface area contributed by atoms with Crippen LogP contribution in [0.5, 0.6) is 11.5 Å². The summed E-state index contributed by atoms with van der Waals surface area (Å²) in [4.78, 5) is 12.2. The van der Waals surface area contributed by atoms with Crippen LogP contribution in [0.4, 0.5) is 0 Å². The molecule has 6 nitrogen and oxygen atoms in total. The highest BCUT2D eigenvalue weighted by Gasteiger charge is 2.39. The van der Waals surface area contributed by atoms with E-state index in [9.17, 15) is 4.79 Å². The van der Waals surface area contributed by atoms with Crippen LogP contribution in [0.3, 0.4) is 0 Å². The molecular weight excluding hydrogens is 388 g/mol. The molecule has 0 amide bonds. The molecule has 0 aliphatic heterocycles. The summed E-state index contributed by atoms with van der Waals surface area (Å²) >= 11 is 0. The predicted molar refractivity (Wildman–Crippen MR) is 116 cm³/mol. The van der Waals surface area contributed by atoms with E-state index in [4.69, 9.17) is 22.8 Å². The number of hydrogen-bond donors (Lipinski definition) is 0. The lowest BCUT2D eigenvalue weighted by atomic mass is 10.2. The van der Waals surface area contributed by atoms with Crippen molar-refractivity contribution in [1.29, 1.82) is 0 Å². The Hall–Kier alpha value is -1.41. The third kappa shape index (κ3) is 10.3. The van der Waals surface area contributed by atoms with Gasteiger partial charge in [-0.2, -0.15) is 0 Å². The summed E-state index contributed by atoms with van der Waals surface area (Å²) in [6.07, 6.45) is 4.95. The van der Waals surface area contributed by atoms with Crippen LogP contribution >= 0.6 is 0 Å². The molecule has 7 heteroatoms. The number of hydrogen-bond acceptors (Lipinski definition) is 6. The number of carbonyl (C=O) groups excluding carboxylic acids is 1. The van der Waals surface area contributed by atoms with Crippen LogP contribution in [0.2, 0.25) is 6.04 Å². The highest BCUT2D eigenvalue weighted by molar-refractivity contribution is 6.60. The quantitative estimate of drug-likeness (QED) is 0.144. The van der Waals surface area contributed by atoms with E-state index in [1.807, 2.05) is 39.0 Å². The van der Waals surface area contributed by atoms with Gasteiger partial charge in [0.2, 0.25) is 0 Å². The van der Waals surface area contributed by atoms with Crippen LogP contribution in [0, 0.1) is 0 Å². The zero-order valence-electron chi connectivity index (χ0n) is 18.5. The van der Waals surface area contributed by atoms with Crippen LogP contribution < -0.4 is 9.47 Å². The monoisotopic (exact) mass is 426 g/mol. The van der Waals surface area contributed by atoms with Gasteiger partial charge in [0.15, 0.2) is 11.5 Å². The second-order valence-electron chi connectivity index (χ2n) is 6.67. The highest BCUT2D eigenvalue weighted by atomic mass is 28.4. The summed E-state index contributed by atoms with van der Waals surface area (Å²) in [5, 5.41) is 0. The zero-order valence-corrected chi connectivity index (χ0v) is 19.5. The van der Waals surface area contributed by atoms with E-state index in [-0.39, 0.29) is 5.97 Å². The van der Waals surface area contributed by atoms with E-state index < -0.39 is 8.80 Å². The lowest BCUT2D eigenvalue weighted by Crippen LogP contribution is -2.45. The molecule has 0 aliphatic carbocycles. The van der Waals surface area contributed by atoms with Gasteiger partial charge in [0.05, 0.1) is 6.61 Å². The minimum atomic E-state index is -2.59. The molecule has 0 aliphatic rings.